The summed E-state index contributed by atoms with van der Waals surface area (Å²) in [6, 6.07) is 24.2. The molecule has 4 aromatic rings. The molecule has 0 spiro atoms. The lowest BCUT2D eigenvalue weighted by Crippen LogP contribution is -2.15. The highest BCUT2D eigenvalue weighted by Crippen LogP contribution is 2.29. The first-order chi connectivity index (χ1) is 14.7. The fraction of sp³-hybridized carbons (Fsp3) is 0. The molecule has 5 nitrogen and oxygen atoms in total. The van der Waals surface area contributed by atoms with Crippen molar-refractivity contribution in [3.63, 3.8) is 0 Å². The van der Waals surface area contributed by atoms with E-state index in [0.29, 0.717) is 10.8 Å². The number of benzene rings is 3. The van der Waals surface area contributed by atoms with E-state index < -0.39 is 0 Å². The van der Waals surface area contributed by atoms with Crippen molar-refractivity contribution in [3.05, 3.63) is 88.2 Å². The summed E-state index contributed by atoms with van der Waals surface area (Å²) in [6.07, 6.45) is 0. The summed E-state index contributed by atoms with van der Waals surface area (Å²) in [5.74, 6) is -0.233. The van der Waals surface area contributed by atoms with E-state index in [-0.39, 0.29) is 5.91 Å². The second kappa shape index (κ2) is 7.85. The number of carbonyl (C=O) groups is 1. The van der Waals surface area contributed by atoms with Gasteiger partial charge in [-0.05, 0) is 29.3 Å². The molecule has 0 aliphatic carbocycles. The number of halogens is 1. The number of amides is 1. The maximum Gasteiger partial charge on any atom is 0.276 e. The van der Waals surface area contributed by atoms with Gasteiger partial charge in [0.1, 0.15) is 0 Å². The van der Waals surface area contributed by atoms with E-state index in [1.165, 1.54) is 16.9 Å². The standard InChI is InChI=1S/C23H15BrN4OS/c24-17-10-11-19-18(12-17)21(22(29)25-19)27-28-23-26-20(13-30-23)16-8-6-15(7-9-16)14-4-2-1-3-5-14/h1-13H,(H,26,28)(H,25,27,29). The third-order valence-electron chi connectivity index (χ3n) is 4.76. The van der Waals surface area contributed by atoms with Crippen molar-refractivity contribution in [2.45, 2.75) is 0 Å². The van der Waals surface area contributed by atoms with Gasteiger partial charge in [0.15, 0.2) is 5.71 Å². The molecule has 0 fully saturated rings. The number of thiazole rings is 1. The molecule has 0 unspecified atom stereocenters. The van der Waals surface area contributed by atoms with Crippen LogP contribution in [0.15, 0.2) is 87.8 Å². The maximum atomic E-state index is 12.2. The van der Waals surface area contributed by atoms with Crippen molar-refractivity contribution < 1.29 is 4.79 Å². The van der Waals surface area contributed by atoms with Gasteiger partial charge in [0.2, 0.25) is 5.13 Å². The van der Waals surface area contributed by atoms with Gasteiger partial charge in [-0.15, -0.1) is 11.3 Å². The average Bonchev–Trinajstić information content (AvgIpc) is 3.37. The van der Waals surface area contributed by atoms with Gasteiger partial charge in [-0.1, -0.05) is 70.5 Å². The third kappa shape index (κ3) is 3.65. The Morgan fingerprint density at radius 1 is 0.933 bits per heavy atom. The molecule has 0 radical (unpaired) electrons. The van der Waals surface area contributed by atoms with Crippen LogP contribution in [0.4, 0.5) is 10.8 Å². The highest BCUT2D eigenvalue weighted by Gasteiger charge is 2.26. The van der Waals surface area contributed by atoms with E-state index in [4.69, 9.17) is 0 Å². The lowest BCUT2D eigenvalue weighted by atomic mass is 10.0. The fourth-order valence-corrected chi connectivity index (χ4v) is 4.28. The predicted octanol–water partition coefficient (Wildman–Crippen LogP) is 6.01. The molecule has 2 N–H and O–H groups in total. The van der Waals surface area contributed by atoms with Crippen molar-refractivity contribution in [1.29, 1.82) is 0 Å². The number of anilines is 2. The van der Waals surface area contributed by atoms with Crippen LogP contribution < -0.4 is 10.7 Å². The number of carbonyl (C=O) groups excluding carboxylic acids is 1. The summed E-state index contributed by atoms with van der Waals surface area (Å²) in [7, 11) is 0. The van der Waals surface area contributed by atoms with Gasteiger partial charge in [-0.2, -0.15) is 5.10 Å². The molecular weight excluding hydrogens is 460 g/mol. The van der Waals surface area contributed by atoms with Gasteiger partial charge in [0, 0.05) is 21.0 Å². The minimum absolute atomic E-state index is 0.233. The minimum atomic E-state index is -0.233. The quantitative estimate of drug-likeness (QED) is 0.356. The molecule has 0 saturated heterocycles. The molecule has 146 valence electrons. The van der Waals surface area contributed by atoms with Crippen molar-refractivity contribution in [1.82, 2.24) is 4.98 Å². The van der Waals surface area contributed by atoms with Gasteiger partial charge >= 0.3 is 0 Å². The Labute approximate surface area is 185 Å². The monoisotopic (exact) mass is 474 g/mol. The average molecular weight is 475 g/mol. The van der Waals surface area contributed by atoms with Gasteiger partial charge < -0.3 is 5.32 Å². The number of nitrogens with one attached hydrogen (secondary N) is 2. The van der Waals surface area contributed by atoms with E-state index in [0.717, 1.165) is 32.5 Å². The summed E-state index contributed by atoms with van der Waals surface area (Å²) < 4.78 is 0.890. The van der Waals surface area contributed by atoms with Crippen LogP contribution in [0.5, 0.6) is 0 Å². The molecule has 30 heavy (non-hydrogen) atoms. The second-order valence-electron chi connectivity index (χ2n) is 6.70. The lowest BCUT2D eigenvalue weighted by Gasteiger charge is -2.03. The van der Waals surface area contributed by atoms with E-state index in [1.54, 1.807) is 0 Å². The highest BCUT2D eigenvalue weighted by atomic mass is 79.9. The Morgan fingerprint density at radius 2 is 1.67 bits per heavy atom. The Morgan fingerprint density at radius 3 is 2.47 bits per heavy atom. The van der Waals surface area contributed by atoms with E-state index in [2.05, 4.69) is 73.2 Å². The van der Waals surface area contributed by atoms with Crippen LogP contribution in [0.2, 0.25) is 0 Å². The number of nitrogens with zero attached hydrogens (tertiary/aromatic N) is 2. The highest BCUT2D eigenvalue weighted by molar-refractivity contribution is 9.10. The molecule has 1 aliphatic rings. The zero-order valence-corrected chi connectivity index (χ0v) is 18.0. The molecule has 1 aromatic heterocycles. The van der Waals surface area contributed by atoms with Crippen molar-refractivity contribution >= 4 is 49.7 Å². The molecule has 0 bridgehead atoms. The maximum absolute atomic E-state index is 12.2. The van der Waals surface area contributed by atoms with Gasteiger partial charge in [0.05, 0.1) is 11.4 Å². The van der Waals surface area contributed by atoms with Crippen LogP contribution in [-0.4, -0.2) is 16.6 Å². The number of fused-ring (bicyclic) bond motifs is 1. The molecule has 2 heterocycles. The fourth-order valence-electron chi connectivity index (χ4n) is 3.26. The predicted molar refractivity (Wildman–Crippen MR) is 126 cm³/mol. The number of aromatic nitrogens is 1. The topological polar surface area (TPSA) is 66.4 Å². The van der Waals surface area contributed by atoms with Crippen LogP contribution in [0.25, 0.3) is 22.4 Å². The molecule has 0 saturated carbocycles. The Hall–Kier alpha value is -3.29. The molecule has 1 aliphatic heterocycles. The second-order valence-corrected chi connectivity index (χ2v) is 8.47. The van der Waals surface area contributed by atoms with E-state index in [9.17, 15) is 4.79 Å². The van der Waals surface area contributed by atoms with E-state index >= 15 is 0 Å². The summed E-state index contributed by atoms with van der Waals surface area (Å²) in [5.41, 5.74) is 9.01. The smallest absolute Gasteiger partial charge is 0.276 e. The van der Waals surface area contributed by atoms with Crippen molar-refractivity contribution in [2.75, 3.05) is 10.7 Å². The Balaban J connectivity index is 1.35. The normalized spacial score (nSPS) is 13.9. The molecule has 7 heteroatoms. The number of hydrogen-bond acceptors (Lipinski definition) is 5. The molecule has 3 aromatic carbocycles. The summed E-state index contributed by atoms with van der Waals surface area (Å²) >= 11 is 4.88. The van der Waals surface area contributed by atoms with Gasteiger partial charge in [-0.25, -0.2) is 4.98 Å². The molecular formula is C23H15BrN4OS. The van der Waals surface area contributed by atoms with Crippen LogP contribution in [0.3, 0.4) is 0 Å². The summed E-state index contributed by atoms with van der Waals surface area (Å²) in [6.45, 7) is 0. The van der Waals surface area contributed by atoms with Crippen LogP contribution in [0.1, 0.15) is 5.56 Å². The number of hydrazone groups is 1. The number of hydrogen-bond donors (Lipinski definition) is 2. The first-order valence-electron chi connectivity index (χ1n) is 9.24. The van der Waals surface area contributed by atoms with Crippen molar-refractivity contribution in [2.24, 2.45) is 5.10 Å². The van der Waals surface area contributed by atoms with Crippen LogP contribution in [-0.2, 0) is 4.79 Å². The zero-order valence-electron chi connectivity index (χ0n) is 15.6. The minimum Gasteiger partial charge on any atom is -0.320 e. The van der Waals surface area contributed by atoms with Gasteiger partial charge in [0.25, 0.3) is 5.91 Å². The SMILES string of the molecule is O=C1Nc2ccc(Br)cc2/C1=N/Nc1nc(-c2ccc(-c3ccccc3)cc2)cs1. The first kappa shape index (κ1) is 18.7. The zero-order chi connectivity index (χ0) is 20.5. The number of rotatable bonds is 4. The third-order valence-corrected chi connectivity index (χ3v) is 6.00. The van der Waals surface area contributed by atoms with Crippen LogP contribution in [0, 0.1) is 0 Å². The Bertz CT molecular complexity index is 1270. The first-order valence-corrected chi connectivity index (χ1v) is 10.9. The summed E-state index contributed by atoms with van der Waals surface area (Å²) in [5, 5.41) is 9.71. The van der Waals surface area contributed by atoms with Crippen LogP contribution >= 0.6 is 27.3 Å². The largest absolute Gasteiger partial charge is 0.320 e. The lowest BCUT2D eigenvalue weighted by molar-refractivity contribution is -0.110. The van der Waals surface area contributed by atoms with Crippen molar-refractivity contribution in [3.8, 4) is 22.4 Å². The summed E-state index contributed by atoms with van der Waals surface area (Å²) in [4.78, 5) is 16.8. The molecule has 1 amide bonds. The Kier molecular flexibility index (Phi) is 4.90. The molecule has 0 atom stereocenters. The molecule has 5 rings (SSSR count). The van der Waals surface area contributed by atoms with E-state index in [1.807, 2.05) is 41.8 Å². The van der Waals surface area contributed by atoms with Gasteiger partial charge in [-0.3, -0.25) is 10.2 Å².